The SMILES string of the molecule is CC(C)C[C@H](Cl)C(=O)Oc1ccc(-c2ncc(OCC(F)(F)OC(F)(F)C(F)(F)OC(F)(F)C(F)(F)C(F)(F)C(F)(F)F)cn2)cc1. The van der Waals surface area contributed by atoms with Crippen molar-refractivity contribution in [2.45, 2.75) is 68.1 Å². The van der Waals surface area contributed by atoms with Gasteiger partial charge in [-0.25, -0.2) is 19.4 Å². The maximum atomic E-state index is 13.8. The molecule has 0 unspecified atom stereocenters. The second-order valence-electron chi connectivity index (χ2n) is 9.61. The molecule has 1 aromatic heterocycles. The van der Waals surface area contributed by atoms with E-state index in [1.165, 1.54) is 24.3 Å². The second kappa shape index (κ2) is 13.7. The molecule has 0 spiro atoms. The number of carbonyl (C=O) groups is 1. The van der Waals surface area contributed by atoms with Crippen LogP contribution in [0.4, 0.5) is 65.9 Å². The van der Waals surface area contributed by atoms with Crippen LogP contribution in [0.1, 0.15) is 20.3 Å². The predicted octanol–water partition coefficient (Wildman–Crippen LogP) is 8.32. The van der Waals surface area contributed by atoms with E-state index in [0.29, 0.717) is 18.8 Å². The van der Waals surface area contributed by atoms with Gasteiger partial charge in [-0.15, -0.1) is 11.6 Å². The lowest BCUT2D eigenvalue weighted by atomic mass is 10.1. The van der Waals surface area contributed by atoms with E-state index < -0.39 is 66.2 Å². The van der Waals surface area contributed by atoms with Crippen molar-refractivity contribution in [3.05, 3.63) is 36.7 Å². The van der Waals surface area contributed by atoms with E-state index in [0.717, 1.165) is 0 Å². The van der Waals surface area contributed by atoms with Gasteiger partial charge >= 0.3 is 48.4 Å². The highest BCUT2D eigenvalue weighted by molar-refractivity contribution is 6.30. The Kier molecular flexibility index (Phi) is 11.6. The molecule has 23 heteroatoms. The Morgan fingerprint density at radius 2 is 1.21 bits per heavy atom. The molecule has 0 radical (unpaired) electrons. The molecular formula is C24H18ClF15N2O5. The molecule has 1 heterocycles. The Bertz CT molecular complexity index is 1360. The monoisotopic (exact) mass is 734 g/mol. The van der Waals surface area contributed by atoms with Gasteiger partial charge in [-0.2, -0.15) is 65.9 Å². The van der Waals surface area contributed by atoms with Crippen molar-refractivity contribution in [1.29, 1.82) is 0 Å². The molecule has 266 valence electrons. The van der Waals surface area contributed by atoms with Crippen LogP contribution in [0.2, 0.25) is 0 Å². The number of alkyl halides is 16. The number of halogens is 16. The Balaban J connectivity index is 2.06. The number of aromatic nitrogens is 2. The van der Waals surface area contributed by atoms with Gasteiger partial charge in [-0.1, -0.05) is 13.8 Å². The molecule has 0 bridgehead atoms. The van der Waals surface area contributed by atoms with Crippen molar-refractivity contribution in [3.8, 4) is 22.9 Å². The van der Waals surface area contributed by atoms with Crippen molar-refractivity contribution in [2.75, 3.05) is 6.61 Å². The summed E-state index contributed by atoms with van der Waals surface area (Å²) in [7, 11) is 0. The fourth-order valence-electron chi connectivity index (χ4n) is 2.99. The van der Waals surface area contributed by atoms with Crippen molar-refractivity contribution in [3.63, 3.8) is 0 Å². The zero-order valence-corrected chi connectivity index (χ0v) is 23.8. The molecule has 2 aromatic rings. The minimum atomic E-state index is -7.95. The van der Waals surface area contributed by atoms with E-state index >= 15 is 0 Å². The number of benzene rings is 1. The first-order valence-corrected chi connectivity index (χ1v) is 12.6. The lowest BCUT2D eigenvalue weighted by molar-refractivity contribution is -0.542. The summed E-state index contributed by atoms with van der Waals surface area (Å²) in [6, 6.07) is 5.27. The summed E-state index contributed by atoms with van der Waals surface area (Å²) in [6.07, 6.45) is -33.7. The van der Waals surface area contributed by atoms with Crippen LogP contribution in [0.25, 0.3) is 11.4 Å². The molecule has 0 amide bonds. The van der Waals surface area contributed by atoms with Crippen LogP contribution in [-0.4, -0.2) is 70.4 Å². The molecule has 2 rings (SSSR count). The average Bonchev–Trinajstić information content (AvgIpc) is 2.90. The summed E-state index contributed by atoms with van der Waals surface area (Å²) in [6.45, 7) is 1.20. The molecule has 0 aliphatic carbocycles. The van der Waals surface area contributed by atoms with Crippen molar-refractivity contribution in [2.24, 2.45) is 5.92 Å². The van der Waals surface area contributed by atoms with Crippen LogP contribution in [-0.2, 0) is 14.3 Å². The van der Waals surface area contributed by atoms with Crippen molar-refractivity contribution < 1.29 is 89.6 Å². The summed E-state index contributed by atoms with van der Waals surface area (Å²) in [5, 5.41) is -0.926. The van der Waals surface area contributed by atoms with Crippen LogP contribution in [0.3, 0.4) is 0 Å². The lowest BCUT2D eigenvalue weighted by Crippen LogP contribution is -2.64. The van der Waals surface area contributed by atoms with Crippen LogP contribution in [0, 0.1) is 5.92 Å². The van der Waals surface area contributed by atoms with Crippen molar-refractivity contribution >= 4 is 17.6 Å². The number of hydrogen-bond acceptors (Lipinski definition) is 7. The van der Waals surface area contributed by atoms with Gasteiger partial charge in [0.25, 0.3) is 0 Å². The Hall–Kier alpha value is -3.27. The third kappa shape index (κ3) is 9.42. The number of ether oxygens (including phenoxy) is 4. The molecule has 0 fully saturated rings. The van der Waals surface area contributed by atoms with Crippen molar-refractivity contribution in [1.82, 2.24) is 9.97 Å². The van der Waals surface area contributed by atoms with E-state index in [2.05, 4.69) is 19.4 Å². The Morgan fingerprint density at radius 3 is 1.68 bits per heavy atom. The van der Waals surface area contributed by atoms with Gasteiger partial charge in [0.05, 0.1) is 12.4 Å². The van der Waals surface area contributed by atoms with Crippen LogP contribution in [0.5, 0.6) is 11.5 Å². The third-order valence-corrected chi connectivity index (χ3v) is 5.65. The summed E-state index contributed by atoms with van der Waals surface area (Å²) in [4.78, 5) is 19.4. The molecule has 0 saturated heterocycles. The van der Waals surface area contributed by atoms with Gasteiger partial charge in [0.2, 0.25) is 0 Å². The fraction of sp³-hybridized carbons (Fsp3) is 0.542. The molecule has 0 N–H and O–H groups in total. The molecule has 1 atom stereocenters. The van der Waals surface area contributed by atoms with Gasteiger partial charge in [0.1, 0.15) is 11.1 Å². The fourth-order valence-corrected chi connectivity index (χ4v) is 3.39. The molecule has 7 nitrogen and oxygen atoms in total. The van der Waals surface area contributed by atoms with Gasteiger partial charge < -0.3 is 9.47 Å². The highest BCUT2D eigenvalue weighted by Crippen LogP contribution is 2.56. The molecule has 0 saturated carbocycles. The largest absolute Gasteiger partial charge is 0.481 e. The first kappa shape index (κ1) is 39.9. The first-order chi connectivity index (χ1) is 21.1. The molecule has 1 aromatic carbocycles. The summed E-state index contributed by atoms with van der Waals surface area (Å²) < 4.78 is 210. The smallest absolute Gasteiger partial charge is 0.460 e. The summed E-state index contributed by atoms with van der Waals surface area (Å²) >= 11 is 5.94. The quantitative estimate of drug-likeness (QED) is 0.0789. The topological polar surface area (TPSA) is 79.8 Å². The normalized spacial score (nSPS) is 14.7. The number of carbonyl (C=O) groups excluding carboxylic acids is 1. The number of esters is 1. The molecule has 0 aliphatic heterocycles. The van der Waals surface area contributed by atoms with Crippen LogP contribution in [0.15, 0.2) is 36.7 Å². The second-order valence-corrected chi connectivity index (χ2v) is 10.1. The van der Waals surface area contributed by atoms with Crippen LogP contribution >= 0.6 is 11.6 Å². The minimum absolute atomic E-state index is 0.0693. The standard InChI is InChI=1S/C24H18ClF15N2O5/c1-11(2)7-15(25)17(43)45-13-5-3-12(4-6-13)16-41-8-14(9-42-16)44-10-18(26,27)46-23(37,38)24(39,40)47-22(35,36)20(30,31)19(28,29)21(32,33)34/h3-6,8-9,11,15H,7,10H2,1-2H3/t15-/m0/s1. The molecule has 47 heavy (non-hydrogen) atoms. The first-order valence-electron chi connectivity index (χ1n) is 12.2. The van der Waals surface area contributed by atoms with Gasteiger partial charge in [-0.05, 0) is 36.6 Å². The predicted molar refractivity (Wildman–Crippen MR) is 126 cm³/mol. The lowest BCUT2D eigenvalue weighted by Gasteiger charge is -2.36. The highest BCUT2D eigenvalue weighted by atomic mass is 35.5. The Morgan fingerprint density at radius 1 is 0.723 bits per heavy atom. The summed E-state index contributed by atoms with van der Waals surface area (Å²) in [5.74, 6) is -17.3. The highest BCUT2D eigenvalue weighted by Gasteiger charge is 2.85. The van der Waals surface area contributed by atoms with E-state index in [1.807, 2.05) is 13.8 Å². The van der Waals surface area contributed by atoms with E-state index in [1.54, 1.807) is 4.74 Å². The average molecular weight is 735 g/mol. The van der Waals surface area contributed by atoms with Crippen LogP contribution < -0.4 is 9.47 Å². The zero-order valence-electron chi connectivity index (χ0n) is 23.0. The maximum absolute atomic E-state index is 13.8. The number of nitrogens with zero attached hydrogens (tertiary/aromatic N) is 2. The number of rotatable bonds is 15. The van der Waals surface area contributed by atoms with Gasteiger partial charge in [-0.3, -0.25) is 4.79 Å². The molecular weight excluding hydrogens is 717 g/mol. The number of hydrogen-bond donors (Lipinski definition) is 0. The van der Waals surface area contributed by atoms with Gasteiger partial charge in [0.15, 0.2) is 18.2 Å². The summed E-state index contributed by atoms with van der Waals surface area (Å²) in [5.41, 5.74) is 0.229. The molecule has 0 aliphatic rings. The van der Waals surface area contributed by atoms with E-state index in [4.69, 9.17) is 16.3 Å². The third-order valence-electron chi connectivity index (χ3n) is 5.29. The zero-order chi connectivity index (χ0) is 36.4. The Labute approximate surface area is 257 Å². The van der Waals surface area contributed by atoms with Gasteiger partial charge in [0, 0.05) is 5.56 Å². The van der Waals surface area contributed by atoms with E-state index in [9.17, 15) is 70.7 Å². The minimum Gasteiger partial charge on any atom is -0.481 e. The van der Waals surface area contributed by atoms with E-state index in [-0.39, 0.29) is 23.1 Å². The maximum Gasteiger partial charge on any atom is 0.460 e.